The molecule has 2 rings (SSSR count). The highest BCUT2D eigenvalue weighted by Crippen LogP contribution is 2.28. The number of hydrogen-bond donors (Lipinski definition) is 1. The van der Waals surface area contributed by atoms with E-state index >= 15 is 0 Å². The van der Waals surface area contributed by atoms with Gasteiger partial charge in [0.05, 0.1) is 12.8 Å². The van der Waals surface area contributed by atoms with Crippen LogP contribution >= 0.6 is 0 Å². The molecule has 1 atom stereocenters. The van der Waals surface area contributed by atoms with E-state index in [1.807, 2.05) is 12.1 Å². The van der Waals surface area contributed by atoms with Crippen molar-refractivity contribution in [3.63, 3.8) is 0 Å². The molecule has 1 aromatic heterocycles. The van der Waals surface area contributed by atoms with Crippen molar-refractivity contribution in [3.05, 3.63) is 12.1 Å². The summed E-state index contributed by atoms with van der Waals surface area (Å²) in [6.07, 6.45) is 6.42. The minimum atomic E-state index is 0.638. The van der Waals surface area contributed by atoms with E-state index in [0.29, 0.717) is 5.88 Å². The van der Waals surface area contributed by atoms with Crippen LogP contribution in [0.4, 0.5) is 11.5 Å². The van der Waals surface area contributed by atoms with Crippen molar-refractivity contribution >= 4 is 11.5 Å². The maximum Gasteiger partial charge on any atom is 0.215 e. The van der Waals surface area contributed by atoms with Gasteiger partial charge in [0, 0.05) is 19.2 Å². The summed E-state index contributed by atoms with van der Waals surface area (Å²) in [5.41, 5.74) is 6.80. The Bertz CT molecular complexity index is 408. The molecule has 0 radical (unpaired) electrons. The molecule has 1 unspecified atom stereocenters. The van der Waals surface area contributed by atoms with Crippen molar-refractivity contribution in [3.8, 4) is 5.88 Å². The van der Waals surface area contributed by atoms with Crippen LogP contribution in [-0.2, 0) is 0 Å². The summed E-state index contributed by atoms with van der Waals surface area (Å²) >= 11 is 0. The number of hydrogen-bond acceptors (Lipinski definition) is 4. The van der Waals surface area contributed by atoms with Crippen molar-refractivity contribution in [2.75, 3.05) is 30.8 Å². The Kier molecular flexibility index (Phi) is 4.88. The third-order valence-electron chi connectivity index (χ3n) is 3.93. The van der Waals surface area contributed by atoms with Gasteiger partial charge in [-0.15, -0.1) is 0 Å². The van der Waals surface area contributed by atoms with Gasteiger partial charge in [0.25, 0.3) is 0 Å². The molecule has 2 heterocycles. The summed E-state index contributed by atoms with van der Waals surface area (Å²) < 4.78 is 5.20. The number of nitrogens with two attached hydrogens (primary N) is 1. The lowest BCUT2D eigenvalue weighted by Crippen LogP contribution is -2.26. The lowest BCUT2D eigenvalue weighted by atomic mass is 9.96. The Labute approximate surface area is 116 Å². The zero-order valence-electron chi connectivity index (χ0n) is 12.1. The van der Waals surface area contributed by atoms with Gasteiger partial charge in [0.1, 0.15) is 0 Å². The molecule has 1 fully saturated rings. The fraction of sp³-hybridized carbons (Fsp3) is 0.667. The zero-order chi connectivity index (χ0) is 13.7. The van der Waals surface area contributed by atoms with Crippen molar-refractivity contribution < 1.29 is 4.74 Å². The van der Waals surface area contributed by atoms with E-state index < -0.39 is 0 Å². The molecule has 1 saturated heterocycles. The highest BCUT2D eigenvalue weighted by atomic mass is 16.5. The Morgan fingerprint density at radius 2 is 2.21 bits per heavy atom. The Morgan fingerprint density at radius 1 is 1.37 bits per heavy atom. The number of methoxy groups -OCH3 is 1. The maximum absolute atomic E-state index is 6.06. The molecular weight excluding hydrogens is 238 g/mol. The zero-order valence-corrected chi connectivity index (χ0v) is 12.1. The standard InChI is InChI=1S/C15H25N3O/c1-3-5-12-6-4-10-18(11-9-12)15-13(16)7-8-14(17-15)19-2/h7-8,12H,3-6,9-11,16H2,1-2H3. The summed E-state index contributed by atoms with van der Waals surface area (Å²) in [5, 5.41) is 0. The molecule has 4 nitrogen and oxygen atoms in total. The van der Waals surface area contributed by atoms with Gasteiger partial charge in [-0.25, -0.2) is 0 Å². The summed E-state index contributed by atoms with van der Waals surface area (Å²) in [5.74, 6) is 2.39. The Morgan fingerprint density at radius 3 is 2.95 bits per heavy atom. The van der Waals surface area contributed by atoms with Gasteiger partial charge < -0.3 is 15.4 Å². The van der Waals surface area contributed by atoms with Gasteiger partial charge in [-0.1, -0.05) is 19.8 Å². The van der Waals surface area contributed by atoms with E-state index in [4.69, 9.17) is 10.5 Å². The van der Waals surface area contributed by atoms with Gasteiger partial charge in [-0.05, 0) is 31.2 Å². The second-order valence-electron chi connectivity index (χ2n) is 5.34. The average molecular weight is 263 g/mol. The minimum Gasteiger partial charge on any atom is -0.481 e. The van der Waals surface area contributed by atoms with Crippen LogP contribution in [0.3, 0.4) is 0 Å². The first kappa shape index (κ1) is 14.0. The third-order valence-corrected chi connectivity index (χ3v) is 3.93. The Balaban J connectivity index is 2.09. The van der Waals surface area contributed by atoms with E-state index in [-0.39, 0.29) is 0 Å². The maximum atomic E-state index is 6.06. The van der Waals surface area contributed by atoms with Crippen LogP contribution in [-0.4, -0.2) is 25.2 Å². The van der Waals surface area contributed by atoms with Crippen LogP contribution in [0, 0.1) is 5.92 Å². The van der Waals surface area contributed by atoms with Gasteiger partial charge >= 0.3 is 0 Å². The SMILES string of the molecule is CCCC1CCCN(c2nc(OC)ccc2N)CC1. The number of aromatic nitrogens is 1. The molecule has 1 aliphatic heterocycles. The molecule has 0 bridgehead atoms. The highest BCUT2D eigenvalue weighted by molar-refractivity contribution is 5.63. The van der Waals surface area contributed by atoms with E-state index in [0.717, 1.165) is 30.5 Å². The number of anilines is 2. The van der Waals surface area contributed by atoms with Gasteiger partial charge in [-0.3, -0.25) is 0 Å². The lowest BCUT2D eigenvalue weighted by molar-refractivity contribution is 0.398. The van der Waals surface area contributed by atoms with Crippen molar-refractivity contribution in [1.29, 1.82) is 0 Å². The third kappa shape index (κ3) is 3.52. The predicted molar refractivity (Wildman–Crippen MR) is 79.7 cm³/mol. The van der Waals surface area contributed by atoms with Crippen LogP contribution in [0.15, 0.2) is 12.1 Å². The molecule has 1 aromatic rings. The smallest absolute Gasteiger partial charge is 0.215 e. The Hall–Kier alpha value is -1.45. The van der Waals surface area contributed by atoms with Crippen LogP contribution < -0.4 is 15.4 Å². The van der Waals surface area contributed by atoms with E-state index in [1.54, 1.807) is 7.11 Å². The van der Waals surface area contributed by atoms with E-state index in [2.05, 4.69) is 16.8 Å². The number of nitrogen functional groups attached to an aromatic ring is 1. The molecule has 106 valence electrons. The summed E-state index contributed by atoms with van der Waals surface area (Å²) in [4.78, 5) is 6.82. The molecular formula is C15H25N3O. The molecule has 4 heteroatoms. The number of nitrogens with zero attached hydrogens (tertiary/aromatic N) is 2. The van der Waals surface area contributed by atoms with Crippen molar-refractivity contribution in [2.24, 2.45) is 5.92 Å². The van der Waals surface area contributed by atoms with Gasteiger partial charge in [-0.2, -0.15) is 4.98 Å². The molecule has 0 amide bonds. The fourth-order valence-corrected chi connectivity index (χ4v) is 2.88. The summed E-state index contributed by atoms with van der Waals surface area (Å²) in [7, 11) is 1.64. The molecule has 19 heavy (non-hydrogen) atoms. The highest BCUT2D eigenvalue weighted by Gasteiger charge is 2.19. The average Bonchev–Trinajstić information content (AvgIpc) is 2.65. The first-order valence-electron chi connectivity index (χ1n) is 7.30. The van der Waals surface area contributed by atoms with Crippen molar-refractivity contribution in [2.45, 2.75) is 39.0 Å². The molecule has 0 aliphatic carbocycles. The topological polar surface area (TPSA) is 51.4 Å². The second kappa shape index (κ2) is 6.64. The quantitative estimate of drug-likeness (QED) is 0.907. The molecule has 1 aliphatic rings. The van der Waals surface area contributed by atoms with Crippen LogP contribution in [0.1, 0.15) is 39.0 Å². The van der Waals surface area contributed by atoms with Crippen molar-refractivity contribution in [1.82, 2.24) is 4.98 Å². The van der Waals surface area contributed by atoms with Crippen LogP contribution in [0.25, 0.3) is 0 Å². The lowest BCUT2D eigenvalue weighted by Gasteiger charge is -2.23. The van der Waals surface area contributed by atoms with Crippen LogP contribution in [0.2, 0.25) is 0 Å². The molecule has 0 spiro atoms. The summed E-state index contributed by atoms with van der Waals surface area (Å²) in [6.45, 7) is 4.36. The predicted octanol–water partition coefficient (Wildman–Crippen LogP) is 3.08. The molecule has 0 saturated carbocycles. The molecule has 0 aromatic carbocycles. The van der Waals surface area contributed by atoms with Gasteiger partial charge in [0.2, 0.25) is 5.88 Å². The first-order valence-corrected chi connectivity index (χ1v) is 7.30. The second-order valence-corrected chi connectivity index (χ2v) is 5.34. The molecule has 2 N–H and O–H groups in total. The monoisotopic (exact) mass is 263 g/mol. The number of pyridine rings is 1. The largest absolute Gasteiger partial charge is 0.481 e. The number of ether oxygens (including phenoxy) is 1. The van der Waals surface area contributed by atoms with E-state index in [1.165, 1.54) is 32.1 Å². The first-order chi connectivity index (χ1) is 9.24. The fourth-order valence-electron chi connectivity index (χ4n) is 2.88. The number of rotatable bonds is 4. The van der Waals surface area contributed by atoms with Gasteiger partial charge in [0.15, 0.2) is 5.82 Å². The normalized spacial score (nSPS) is 20.1. The minimum absolute atomic E-state index is 0.638. The summed E-state index contributed by atoms with van der Waals surface area (Å²) in [6, 6.07) is 3.70. The van der Waals surface area contributed by atoms with Crippen LogP contribution in [0.5, 0.6) is 5.88 Å². The van der Waals surface area contributed by atoms with E-state index in [9.17, 15) is 0 Å².